The summed E-state index contributed by atoms with van der Waals surface area (Å²) >= 11 is 6.20. The largest absolute Gasteiger partial charge is 0.492 e. The van der Waals surface area contributed by atoms with Crippen molar-refractivity contribution in [1.29, 1.82) is 0 Å². The van der Waals surface area contributed by atoms with Crippen molar-refractivity contribution in [2.24, 2.45) is 5.73 Å². The molecule has 168 valence electrons. The van der Waals surface area contributed by atoms with Crippen molar-refractivity contribution in [1.82, 2.24) is 0 Å². The summed E-state index contributed by atoms with van der Waals surface area (Å²) in [5.41, 5.74) is 5.40. The maximum absolute atomic E-state index is 12.6. The predicted molar refractivity (Wildman–Crippen MR) is 140 cm³/mol. The topological polar surface area (TPSA) is 125 Å². The van der Waals surface area contributed by atoms with E-state index in [1.807, 2.05) is 29.5 Å². The molecule has 11 heteroatoms. The maximum Gasteiger partial charge on any atom is 0.340 e. The zero-order valence-corrected chi connectivity index (χ0v) is 23.7. The minimum absolute atomic E-state index is 0.124. The number of nitrogens with one attached hydrogen (secondary N) is 1. The number of carbonyl (C=O) groups is 4. The van der Waals surface area contributed by atoms with E-state index in [9.17, 15) is 19.2 Å². The molecule has 0 spiro atoms. The lowest BCUT2D eigenvalue weighted by molar-refractivity contribution is -0.117. The van der Waals surface area contributed by atoms with Gasteiger partial charge < -0.3 is 25.3 Å². The van der Waals surface area contributed by atoms with E-state index >= 15 is 0 Å². The molecule has 1 rings (SSSR count). The lowest BCUT2D eigenvalue weighted by Crippen LogP contribution is -2.17. The molecule has 3 N–H and O–H groups in total. The Bertz CT molecular complexity index is 795. The van der Waals surface area contributed by atoms with E-state index in [2.05, 4.69) is 56.2 Å². The van der Waals surface area contributed by atoms with Crippen LogP contribution in [0.2, 0.25) is 0 Å². The fraction of sp³-hybridized carbons (Fsp3) is 0.474. The molecular weight excluding hydrogens is 733 g/mol. The van der Waals surface area contributed by atoms with Crippen LogP contribution in [-0.2, 0) is 19.1 Å². The average molecular weight is 758 g/mol. The van der Waals surface area contributed by atoms with Crippen LogP contribution >= 0.6 is 67.8 Å². The summed E-state index contributed by atoms with van der Waals surface area (Å²) in [7, 11) is 0. The SMILES string of the molecule is CC(N)=O.CCOc1c(I)c(NC(C)=O)c(I)c(C(=O)OCCCCC(C)=O)c1I. The summed E-state index contributed by atoms with van der Waals surface area (Å²) in [4.78, 5) is 44.3. The van der Waals surface area contributed by atoms with Crippen LogP contribution in [0.3, 0.4) is 0 Å². The van der Waals surface area contributed by atoms with Crippen molar-refractivity contribution >= 4 is 97.0 Å². The number of carbonyl (C=O) groups excluding carboxylic acids is 4. The Morgan fingerprint density at radius 3 is 2.00 bits per heavy atom. The number of rotatable bonds is 9. The Kier molecular flexibility index (Phi) is 14.8. The molecule has 0 fully saturated rings. The molecule has 0 aliphatic carbocycles. The number of unbranched alkanes of at least 4 members (excludes halogenated alkanes) is 1. The van der Waals surface area contributed by atoms with E-state index in [1.54, 1.807) is 6.92 Å². The first kappa shape index (κ1) is 29.3. The van der Waals surface area contributed by atoms with Gasteiger partial charge in [0, 0.05) is 20.3 Å². The minimum Gasteiger partial charge on any atom is -0.492 e. The monoisotopic (exact) mass is 758 g/mol. The number of amides is 2. The molecular formula is C19H25I3N2O6. The summed E-state index contributed by atoms with van der Waals surface area (Å²) in [5, 5.41) is 2.77. The number of primary amides is 1. The van der Waals surface area contributed by atoms with Crippen molar-refractivity contribution in [2.75, 3.05) is 18.5 Å². The lowest BCUT2D eigenvalue weighted by atomic mass is 10.1. The van der Waals surface area contributed by atoms with E-state index < -0.39 is 5.97 Å². The van der Waals surface area contributed by atoms with E-state index in [0.29, 0.717) is 50.0 Å². The lowest BCUT2D eigenvalue weighted by Gasteiger charge is -2.18. The van der Waals surface area contributed by atoms with Crippen LogP contribution in [0.4, 0.5) is 5.69 Å². The Hall–Kier alpha value is -0.710. The third kappa shape index (κ3) is 10.5. The number of Topliss-reactive ketones (excluding diaryl/α,β-unsaturated/α-hetero) is 1. The number of esters is 1. The van der Waals surface area contributed by atoms with Gasteiger partial charge in [-0.05, 0) is 94.5 Å². The first-order chi connectivity index (χ1) is 13.9. The number of nitrogens with two attached hydrogens (primary N) is 1. The molecule has 30 heavy (non-hydrogen) atoms. The molecule has 0 aliphatic rings. The smallest absolute Gasteiger partial charge is 0.340 e. The summed E-state index contributed by atoms with van der Waals surface area (Å²) in [6.07, 6.45) is 1.79. The van der Waals surface area contributed by atoms with Crippen LogP contribution in [0, 0.1) is 10.7 Å². The summed E-state index contributed by atoms with van der Waals surface area (Å²) in [6, 6.07) is 0. The minimum atomic E-state index is -0.467. The standard InChI is InChI=1S/C17H20I3NO5.C2H5NO/c1-4-25-16-13(19)11(12(18)15(14(16)20)21-10(3)23)17(24)26-8-6-5-7-9(2)22;1-2(3)4/h4-8H2,1-3H3,(H,21,23);1H3,(H2,3,4). The number of hydrogen-bond acceptors (Lipinski definition) is 6. The van der Waals surface area contributed by atoms with Crippen LogP contribution < -0.4 is 15.8 Å². The number of halogens is 3. The van der Waals surface area contributed by atoms with Crippen molar-refractivity contribution in [2.45, 2.75) is 47.0 Å². The summed E-state index contributed by atoms with van der Waals surface area (Å²) in [6.45, 7) is 6.79. The van der Waals surface area contributed by atoms with E-state index in [-0.39, 0.29) is 24.2 Å². The average Bonchev–Trinajstić information content (AvgIpc) is 2.61. The first-order valence-corrected chi connectivity index (χ1v) is 12.2. The third-order valence-electron chi connectivity index (χ3n) is 3.23. The Morgan fingerprint density at radius 1 is 0.967 bits per heavy atom. The van der Waals surface area contributed by atoms with Crippen LogP contribution in [0.1, 0.15) is 57.3 Å². The summed E-state index contributed by atoms with van der Waals surface area (Å²) < 4.78 is 13.1. The van der Waals surface area contributed by atoms with Gasteiger partial charge in [0.05, 0.1) is 35.2 Å². The molecule has 0 atom stereocenters. The molecule has 0 saturated carbocycles. The van der Waals surface area contributed by atoms with Crippen LogP contribution in [0.5, 0.6) is 5.75 Å². The fourth-order valence-corrected chi connectivity index (χ4v) is 6.28. The van der Waals surface area contributed by atoms with E-state index in [4.69, 9.17) is 9.47 Å². The second kappa shape index (κ2) is 15.2. The zero-order valence-electron chi connectivity index (χ0n) is 17.2. The van der Waals surface area contributed by atoms with Crippen molar-refractivity contribution < 1.29 is 28.7 Å². The van der Waals surface area contributed by atoms with Crippen molar-refractivity contribution in [3.63, 3.8) is 0 Å². The molecule has 2 amide bonds. The maximum atomic E-state index is 12.6. The fourth-order valence-electron chi connectivity index (χ4n) is 2.09. The number of anilines is 1. The third-order valence-corrected chi connectivity index (χ3v) is 6.36. The highest BCUT2D eigenvalue weighted by molar-refractivity contribution is 14.1. The van der Waals surface area contributed by atoms with Crippen LogP contribution in [0.25, 0.3) is 0 Å². The van der Waals surface area contributed by atoms with E-state index in [1.165, 1.54) is 13.8 Å². The van der Waals surface area contributed by atoms with Crippen molar-refractivity contribution in [3.05, 3.63) is 16.3 Å². The number of ether oxygens (including phenoxy) is 2. The van der Waals surface area contributed by atoms with Gasteiger partial charge in [0.1, 0.15) is 11.5 Å². The van der Waals surface area contributed by atoms with Gasteiger partial charge in [0.2, 0.25) is 11.8 Å². The molecule has 0 aliphatic heterocycles. The molecule has 0 unspecified atom stereocenters. The van der Waals surface area contributed by atoms with Gasteiger partial charge in [-0.3, -0.25) is 9.59 Å². The molecule has 0 aromatic heterocycles. The van der Waals surface area contributed by atoms with Gasteiger partial charge in [-0.1, -0.05) is 0 Å². The first-order valence-electron chi connectivity index (χ1n) is 8.97. The van der Waals surface area contributed by atoms with Gasteiger partial charge in [-0.2, -0.15) is 0 Å². The quantitative estimate of drug-likeness (QED) is 0.221. The molecule has 0 radical (unpaired) electrons. The van der Waals surface area contributed by atoms with Gasteiger partial charge in [0.25, 0.3) is 0 Å². The highest BCUT2D eigenvalue weighted by Crippen LogP contribution is 2.40. The molecule has 8 nitrogen and oxygen atoms in total. The van der Waals surface area contributed by atoms with Gasteiger partial charge >= 0.3 is 5.97 Å². The molecule has 0 saturated heterocycles. The number of hydrogen-bond donors (Lipinski definition) is 2. The molecule has 0 bridgehead atoms. The zero-order chi connectivity index (χ0) is 23.4. The molecule has 1 aromatic carbocycles. The Morgan fingerprint density at radius 2 is 1.53 bits per heavy atom. The normalized spacial score (nSPS) is 9.83. The van der Waals surface area contributed by atoms with E-state index in [0.717, 1.165) is 3.57 Å². The summed E-state index contributed by atoms with van der Waals surface area (Å²) in [5.74, 6) is -0.348. The van der Waals surface area contributed by atoms with Crippen molar-refractivity contribution in [3.8, 4) is 5.75 Å². The van der Waals surface area contributed by atoms with Gasteiger partial charge in [-0.15, -0.1) is 0 Å². The number of ketones is 1. The predicted octanol–water partition coefficient (Wildman–Crippen LogP) is 4.27. The second-order valence-electron chi connectivity index (χ2n) is 6.04. The van der Waals surface area contributed by atoms with Crippen LogP contribution in [0.15, 0.2) is 0 Å². The second-order valence-corrected chi connectivity index (χ2v) is 9.28. The van der Waals surface area contributed by atoms with Crippen LogP contribution in [-0.4, -0.2) is 36.8 Å². The van der Waals surface area contributed by atoms with Gasteiger partial charge in [0.15, 0.2) is 0 Å². The Labute approximate surface area is 217 Å². The molecule has 1 aromatic rings. The van der Waals surface area contributed by atoms with Gasteiger partial charge in [-0.25, -0.2) is 4.79 Å². The highest BCUT2D eigenvalue weighted by Gasteiger charge is 2.26. The molecule has 0 heterocycles. The highest BCUT2D eigenvalue weighted by atomic mass is 127. The number of benzene rings is 1. The Balaban J connectivity index is 0.00000192.